The average Bonchev–Trinajstić information content (AvgIpc) is 2.41. The number of halogens is 1. The van der Waals surface area contributed by atoms with Crippen molar-refractivity contribution in [1.82, 2.24) is 5.32 Å². The first kappa shape index (κ1) is 16.2. The Morgan fingerprint density at radius 3 is 2.47 bits per heavy atom. The molecule has 0 fully saturated rings. The number of unbranched alkanes of at least 4 members (excludes halogenated alkanes) is 6. The minimum absolute atomic E-state index is 0.0206. The van der Waals surface area contributed by atoms with E-state index in [1.807, 2.05) is 24.3 Å². The van der Waals surface area contributed by atoms with Crippen LogP contribution in [0.1, 0.15) is 62.2 Å². The van der Waals surface area contributed by atoms with Crippen molar-refractivity contribution in [2.24, 2.45) is 0 Å². The molecule has 2 nitrogen and oxygen atoms in total. The van der Waals surface area contributed by atoms with Gasteiger partial charge in [0.2, 0.25) is 0 Å². The standard InChI is InChI=1S/C16H24BrNO/c1-2-3-4-5-6-7-8-12-18-16(19)14-10-9-11-15(17)13-14/h9-11,13H,2-8,12H2,1H3,(H,18,19). The number of carbonyl (C=O) groups is 1. The average molecular weight is 326 g/mol. The second-order valence-electron chi connectivity index (χ2n) is 4.89. The first-order chi connectivity index (χ1) is 9.24. The number of nitrogens with one attached hydrogen (secondary N) is 1. The summed E-state index contributed by atoms with van der Waals surface area (Å²) in [5, 5.41) is 2.97. The summed E-state index contributed by atoms with van der Waals surface area (Å²) in [5.41, 5.74) is 0.720. The first-order valence-electron chi connectivity index (χ1n) is 7.28. The smallest absolute Gasteiger partial charge is 0.251 e. The van der Waals surface area contributed by atoms with Gasteiger partial charge in [-0.2, -0.15) is 0 Å². The zero-order chi connectivity index (χ0) is 13.9. The van der Waals surface area contributed by atoms with Crippen LogP contribution < -0.4 is 5.32 Å². The summed E-state index contributed by atoms with van der Waals surface area (Å²) in [4.78, 5) is 11.8. The van der Waals surface area contributed by atoms with Gasteiger partial charge in [0.05, 0.1) is 0 Å². The molecule has 0 atom stereocenters. The molecular weight excluding hydrogens is 302 g/mol. The van der Waals surface area contributed by atoms with Gasteiger partial charge < -0.3 is 5.32 Å². The highest BCUT2D eigenvalue weighted by molar-refractivity contribution is 9.10. The molecule has 0 saturated heterocycles. The number of benzene rings is 1. The van der Waals surface area contributed by atoms with Gasteiger partial charge in [0, 0.05) is 16.6 Å². The number of rotatable bonds is 9. The summed E-state index contributed by atoms with van der Waals surface area (Å²) in [6.45, 7) is 3.01. The Bertz CT molecular complexity index is 379. The summed E-state index contributed by atoms with van der Waals surface area (Å²) in [6.07, 6.45) is 8.89. The number of hydrogen-bond acceptors (Lipinski definition) is 1. The summed E-state index contributed by atoms with van der Waals surface area (Å²) in [6, 6.07) is 7.49. The molecule has 0 bridgehead atoms. The second-order valence-corrected chi connectivity index (χ2v) is 5.80. The lowest BCUT2D eigenvalue weighted by atomic mass is 10.1. The fourth-order valence-corrected chi connectivity index (χ4v) is 2.42. The molecule has 0 aromatic heterocycles. The third-order valence-electron chi connectivity index (χ3n) is 3.15. The van der Waals surface area contributed by atoms with Gasteiger partial charge in [0.1, 0.15) is 0 Å². The SMILES string of the molecule is CCCCCCCCCNC(=O)c1cccc(Br)c1. The Balaban J connectivity index is 2.08. The molecule has 0 aliphatic carbocycles. The van der Waals surface area contributed by atoms with E-state index in [-0.39, 0.29) is 5.91 Å². The lowest BCUT2D eigenvalue weighted by molar-refractivity contribution is 0.0953. The number of hydrogen-bond donors (Lipinski definition) is 1. The van der Waals surface area contributed by atoms with Crippen LogP contribution in [0.15, 0.2) is 28.7 Å². The maximum Gasteiger partial charge on any atom is 0.251 e. The third-order valence-corrected chi connectivity index (χ3v) is 3.65. The Morgan fingerprint density at radius 1 is 1.11 bits per heavy atom. The number of amides is 1. The van der Waals surface area contributed by atoms with Crippen LogP contribution in [0.5, 0.6) is 0 Å². The molecule has 1 aromatic carbocycles. The van der Waals surface area contributed by atoms with Crippen LogP contribution in [0.25, 0.3) is 0 Å². The highest BCUT2D eigenvalue weighted by atomic mass is 79.9. The topological polar surface area (TPSA) is 29.1 Å². The van der Waals surface area contributed by atoms with Crippen molar-refractivity contribution in [3.63, 3.8) is 0 Å². The summed E-state index contributed by atoms with van der Waals surface area (Å²) < 4.78 is 0.941. The maximum absolute atomic E-state index is 11.8. The van der Waals surface area contributed by atoms with E-state index < -0.39 is 0 Å². The quantitative estimate of drug-likeness (QED) is 0.641. The fourth-order valence-electron chi connectivity index (χ4n) is 2.02. The Labute approximate surface area is 125 Å². The molecule has 1 N–H and O–H groups in total. The number of carbonyl (C=O) groups excluding carboxylic acids is 1. The molecule has 1 rings (SSSR count). The predicted octanol–water partition coefficient (Wildman–Crippen LogP) is 4.93. The van der Waals surface area contributed by atoms with E-state index in [0.29, 0.717) is 0 Å². The summed E-state index contributed by atoms with van der Waals surface area (Å²) in [5.74, 6) is 0.0206. The Hall–Kier alpha value is -0.830. The Kier molecular flexibility index (Phi) is 8.55. The van der Waals surface area contributed by atoms with Crippen LogP contribution in [0.4, 0.5) is 0 Å². The second kappa shape index (κ2) is 10.0. The lowest BCUT2D eigenvalue weighted by Gasteiger charge is -2.05. The minimum atomic E-state index is 0.0206. The van der Waals surface area contributed by atoms with E-state index in [1.54, 1.807) is 0 Å². The van der Waals surface area contributed by atoms with Gasteiger partial charge in [0.25, 0.3) is 5.91 Å². The molecule has 106 valence electrons. The molecule has 0 aliphatic rings. The van der Waals surface area contributed by atoms with Gasteiger partial charge in [0.15, 0.2) is 0 Å². The monoisotopic (exact) mass is 325 g/mol. The van der Waals surface area contributed by atoms with Crippen LogP contribution in [0, 0.1) is 0 Å². The summed E-state index contributed by atoms with van der Waals surface area (Å²) >= 11 is 3.37. The van der Waals surface area contributed by atoms with Crippen LogP contribution >= 0.6 is 15.9 Å². The van der Waals surface area contributed by atoms with Crippen LogP contribution in [-0.4, -0.2) is 12.5 Å². The molecule has 0 spiro atoms. The zero-order valence-electron chi connectivity index (χ0n) is 11.8. The molecular formula is C16H24BrNO. The van der Waals surface area contributed by atoms with Gasteiger partial charge in [-0.05, 0) is 24.6 Å². The molecule has 19 heavy (non-hydrogen) atoms. The zero-order valence-corrected chi connectivity index (χ0v) is 13.3. The van der Waals surface area contributed by atoms with Crippen molar-refractivity contribution in [2.75, 3.05) is 6.54 Å². The van der Waals surface area contributed by atoms with Crippen molar-refractivity contribution in [3.8, 4) is 0 Å². The summed E-state index contributed by atoms with van der Waals surface area (Å²) in [7, 11) is 0. The molecule has 0 aliphatic heterocycles. The van der Waals surface area contributed by atoms with Gasteiger partial charge >= 0.3 is 0 Å². The van der Waals surface area contributed by atoms with E-state index in [0.717, 1.165) is 23.0 Å². The van der Waals surface area contributed by atoms with Crippen LogP contribution in [-0.2, 0) is 0 Å². The molecule has 0 heterocycles. The molecule has 0 radical (unpaired) electrons. The van der Waals surface area contributed by atoms with Crippen molar-refractivity contribution >= 4 is 21.8 Å². The van der Waals surface area contributed by atoms with Crippen LogP contribution in [0.3, 0.4) is 0 Å². The van der Waals surface area contributed by atoms with Gasteiger partial charge in [-0.3, -0.25) is 4.79 Å². The van der Waals surface area contributed by atoms with Crippen LogP contribution in [0.2, 0.25) is 0 Å². The van der Waals surface area contributed by atoms with E-state index in [1.165, 1.54) is 38.5 Å². The first-order valence-corrected chi connectivity index (χ1v) is 8.07. The molecule has 0 saturated carbocycles. The predicted molar refractivity (Wildman–Crippen MR) is 84.5 cm³/mol. The van der Waals surface area contributed by atoms with E-state index in [4.69, 9.17) is 0 Å². The highest BCUT2D eigenvalue weighted by Gasteiger charge is 2.04. The van der Waals surface area contributed by atoms with Crippen molar-refractivity contribution in [2.45, 2.75) is 51.9 Å². The van der Waals surface area contributed by atoms with E-state index in [2.05, 4.69) is 28.2 Å². The van der Waals surface area contributed by atoms with E-state index >= 15 is 0 Å². The fraction of sp³-hybridized carbons (Fsp3) is 0.562. The lowest BCUT2D eigenvalue weighted by Crippen LogP contribution is -2.24. The minimum Gasteiger partial charge on any atom is -0.352 e. The highest BCUT2D eigenvalue weighted by Crippen LogP contribution is 2.11. The van der Waals surface area contributed by atoms with Crippen molar-refractivity contribution in [3.05, 3.63) is 34.3 Å². The van der Waals surface area contributed by atoms with Gasteiger partial charge in [-0.15, -0.1) is 0 Å². The largest absolute Gasteiger partial charge is 0.352 e. The molecule has 1 aromatic rings. The van der Waals surface area contributed by atoms with Crippen molar-refractivity contribution in [1.29, 1.82) is 0 Å². The van der Waals surface area contributed by atoms with Crippen molar-refractivity contribution < 1.29 is 4.79 Å². The molecule has 0 unspecified atom stereocenters. The van der Waals surface area contributed by atoms with Gasteiger partial charge in [-0.1, -0.05) is 67.4 Å². The van der Waals surface area contributed by atoms with Gasteiger partial charge in [-0.25, -0.2) is 0 Å². The molecule has 3 heteroatoms. The van der Waals surface area contributed by atoms with E-state index in [9.17, 15) is 4.79 Å². The third kappa shape index (κ3) is 7.36. The Morgan fingerprint density at radius 2 is 1.79 bits per heavy atom. The molecule has 1 amide bonds. The normalized spacial score (nSPS) is 10.4. The maximum atomic E-state index is 11.8.